The lowest BCUT2D eigenvalue weighted by molar-refractivity contribution is -0.385. The highest BCUT2D eigenvalue weighted by Gasteiger charge is 2.15. The zero-order valence-electron chi connectivity index (χ0n) is 14.0. The molecule has 2 aromatic carbocycles. The van der Waals surface area contributed by atoms with E-state index in [4.69, 9.17) is 9.26 Å². The van der Waals surface area contributed by atoms with E-state index >= 15 is 0 Å². The van der Waals surface area contributed by atoms with Crippen LogP contribution in [0.25, 0.3) is 11.4 Å². The molecule has 11 heteroatoms. The van der Waals surface area contributed by atoms with Gasteiger partial charge in [-0.2, -0.15) is 4.98 Å². The first-order valence-electron chi connectivity index (χ1n) is 7.61. The van der Waals surface area contributed by atoms with E-state index in [1.165, 1.54) is 43.5 Å². The SMILES string of the molecule is COc1ccc([N+](=O)[O-])cc1NCc1nc(-c2cccc([N+](=O)[O-])c2)no1. The van der Waals surface area contributed by atoms with Crippen molar-refractivity contribution in [3.63, 3.8) is 0 Å². The van der Waals surface area contributed by atoms with Gasteiger partial charge in [0, 0.05) is 29.8 Å². The Hall–Kier alpha value is -4.02. The summed E-state index contributed by atoms with van der Waals surface area (Å²) in [7, 11) is 1.44. The third-order valence-electron chi connectivity index (χ3n) is 3.61. The van der Waals surface area contributed by atoms with Gasteiger partial charge in [0.25, 0.3) is 11.4 Å². The van der Waals surface area contributed by atoms with Crippen molar-refractivity contribution < 1.29 is 19.1 Å². The molecule has 3 rings (SSSR count). The number of aromatic nitrogens is 2. The average Bonchev–Trinajstić information content (AvgIpc) is 3.15. The van der Waals surface area contributed by atoms with Crippen LogP contribution in [-0.2, 0) is 6.54 Å². The number of nitrogens with zero attached hydrogens (tertiary/aromatic N) is 4. The Bertz CT molecular complexity index is 1000. The van der Waals surface area contributed by atoms with Gasteiger partial charge in [0.1, 0.15) is 5.75 Å². The second kappa shape index (κ2) is 7.47. The maximum Gasteiger partial charge on any atom is 0.271 e. The zero-order chi connectivity index (χ0) is 19.4. The van der Waals surface area contributed by atoms with E-state index in [-0.39, 0.29) is 29.6 Å². The molecule has 0 aliphatic rings. The molecular weight excluding hydrogens is 358 g/mol. The van der Waals surface area contributed by atoms with Gasteiger partial charge in [0.05, 0.1) is 29.2 Å². The molecule has 0 atom stereocenters. The number of benzene rings is 2. The van der Waals surface area contributed by atoms with Gasteiger partial charge in [-0.05, 0) is 6.07 Å². The molecule has 0 spiro atoms. The number of nitro benzene ring substituents is 2. The van der Waals surface area contributed by atoms with Gasteiger partial charge < -0.3 is 14.6 Å². The molecule has 11 nitrogen and oxygen atoms in total. The van der Waals surface area contributed by atoms with Crippen molar-refractivity contribution >= 4 is 17.1 Å². The number of anilines is 1. The number of methoxy groups -OCH3 is 1. The maximum atomic E-state index is 10.9. The molecule has 0 amide bonds. The quantitative estimate of drug-likeness (QED) is 0.488. The number of nitrogens with one attached hydrogen (secondary N) is 1. The summed E-state index contributed by atoms with van der Waals surface area (Å²) in [5, 5.41) is 28.5. The first-order chi connectivity index (χ1) is 13.0. The van der Waals surface area contributed by atoms with Gasteiger partial charge in [0.15, 0.2) is 0 Å². The molecular formula is C16H13N5O6. The van der Waals surface area contributed by atoms with E-state index in [0.717, 1.165) is 0 Å². The highest BCUT2D eigenvalue weighted by atomic mass is 16.6. The second-order valence-electron chi connectivity index (χ2n) is 5.31. The lowest BCUT2D eigenvalue weighted by Crippen LogP contribution is -2.02. The molecule has 0 unspecified atom stereocenters. The van der Waals surface area contributed by atoms with Gasteiger partial charge in [-0.1, -0.05) is 17.3 Å². The lowest BCUT2D eigenvalue weighted by Gasteiger charge is -2.09. The van der Waals surface area contributed by atoms with Gasteiger partial charge in [-0.15, -0.1) is 0 Å². The third kappa shape index (κ3) is 3.98. The summed E-state index contributed by atoms with van der Waals surface area (Å²) < 4.78 is 10.3. The average molecular weight is 371 g/mol. The summed E-state index contributed by atoms with van der Waals surface area (Å²) in [6.45, 7) is 0.0828. The van der Waals surface area contributed by atoms with Crippen molar-refractivity contribution in [1.29, 1.82) is 0 Å². The first-order valence-corrected chi connectivity index (χ1v) is 7.61. The fourth-order valence-corrected chi connectivity index (χ4v) is 2.32. The van der Waals surface area contributed by atoms with Gasteiger partial charge >= 0.3 is 0 Å². The van der Waals surface area contributed by atoms with Crippen LogP contribution in [0.4, 0.5) is 17.1 Å². The van der Waals surface area contributed by atoms with Crippen molar-refractivity contribution in [2.75, 3.05) is 12.4 Å². The Morgan fingerprint density at radius 3 is 2.56 bits per heavy atom. The Morgan fingerprint density at radius 2 is 1.85 bits per heavy atom. The Labute approximate surface area is 151 Å². The number of non-ortho nitro benzene ring substituents is 2. The molecule has 138 valence electrons. The van der Waals surface area contributed by atoms with Crippen LogP contribution >= 0.6 is 0 Å². The molecule has 3 aromatic rings. The molecule has 1 N–H and O–H groups in total. The van der Waals surface area contributed by atoms with Crippen LogP contribution in [0, 0.1) is 20.2 Å². The summed E-state index contributed by atoms with van der Waals surface area (Å²) in [5.74, 6) is 0.811. The molecule has 1 aromatic heterocycles. The standard InChI is InChI=1S/C16H13N5O6/c1-26-14-6-5-12(21(24)25)8-13(14)17-9-15-18-16(19-27-15)10-3-2-4-11(7-10)20(22)23/h2-8,17H,9H2,1H3. The van der Waals surface area contributed by atoms with Crippen LogP contribution in [0.3, 0.4) is 0 Å². The molecule has 0 aliphatic heterocycles. The largest absolute Gasteiger partial charge is 0.495 e. The third-order valence-corrected chi connectivity index (χ3v) is 3.61. The van der Waals surface area contributed by atoms with Crippen molar-refractivity contribution in [3.8, 4) is 17.1 Å². The van der Waals surface area contributed by atoms with Crippen molar-refractivity contribution in [1.82, 2.24) is 10.1 Å². The van der Waals surface area contributed by atoms with Crippen LogP contribution in [0.5, 0.6) is 5.75 Å². The van der Waals surface area contributed by atoms with E-state index in [2.05, 4.69) is 15.5 Å². The second-order valence-corrected chi connectivity index (χ2v) is 5.31. The summed E-state index contributed by atoms with van der Waals surface area (Å²) >= 11 is 0. The summed E-state index contributed by atoms with van der Waals surface area (Å²) in [4.78, 5) is 24.9. The molecule has 0 saturated carbocycles. The van der Waals surface area contributed by atoms with E-state index in [1.54, 1.807) is 6.07 Å². The number of nitro groups is 2. The molecule has 0 fully saturated rings. The molecule has 0 aliphatic carbocycles. The monoisotopic (exact) mass is 371 g/mol. The highest BCUT2D eigenvalue weighted by Crippen LogP contribution is 2.29. The minimum atomic E-state index is -0.516. The Balaban J connectivity index is 1.77. The van der Waals surface area contributed by atoms with Crippen LogP contribution in [0.15, 0.2) is 47.0 Å². The number of ether oxygens (including phenoxy) is 1. The molecule has 0 saturated heterocycles. The zero-order valence-corrected chi connectivity index (χ0v) is 14.0. The predicted molar refractivity (Wildman–Crippen MR) is 93.4 cm³/mol. The van der Waals surface area contributed by atoms with E-state index in [9.17, 15) is 20.2 Å². The molecule has 27 heavy (non-hydrogen) atoms. The topological polar surface area (TPSA) is 146 Å². The molecule has 0 bridgehead atoms. The van der Waals surface area contributed by atoms with Crippen molar-refractivity contribution in [2.24, 2.45) is 0 Å². The fourth-order valence-electron chi connectivity index (χ4n) is 2.32. The number of rotatable bonds is 7. The minimum Gasteiger partial charge on any atom is -0.495 e. The van der Waals surface area contributed by atoms with Crippen molar-refractivity contribution in [2.45, 2.75) is 6.54 Å². The lowest BCUT2D eigenvalue weighted by atomic mass is 10.2. The van der Waals surface area contributed by atoms with Crippen LogP contribution in [0.1, 0.15) is 5.89 Å². The van der Waals surface area contributed by atoms with Gasteiger partial charge in [-0.25, -0.2) is 0 Å². The Morgan fingerprint density at radius 1 is 1.11 bits per heavy atom. The van der Waals surface area contributed by atoms with E-state index < -0.39 is 9.85 Å². The van der Waals surface area contributed by atoms with E-state index in [0.29, 0.717) is 17.0 Å². The van der Waals surface area contributed by atoms with Gasteiger partial charge in [-0.3, -0.25) is 20.2 Å². The van der Waals surface area contributed by atoms with Crippen LogP contribution in [0.2, 0.25) is 0 Å². The summed E-state index contributed by atoms with van der Waals surface area (Å²) in [6, 6.07) is 9.98. The van der Waals surface area contributed by atoms with Gasteiger partial charge in [0.2, 0.25) is 11.7 Å². The summed E-state index contributed by atoms with van der Waals surface area (Å²) in [6.07, 6.45) is 0. The van der Waals surface area contributed by atoms with Crippen molar-refractivity contribution in [3.05, 3.63) is 68.6 Å². The van der Waals surface area contributed by atoms with E-state index in [1.807, 2.05) is 0 Å². The first kappa shape index (κ1) is 17.8. The van der Waals surface area contributed by atoms with Crippen LogP contribution < -0.4 is 10.1 Å². The minimum absolute atomic E-state index is 0.0828. The number of hydrogen-bond acceptors (Lipinski definition) is 9. The highest BCUT2D eigenvalue weighted by molar-refractivity contribution is 5.62. The smallest absolute Gasteiger partial charge is 0.271 e. The predicted octanol–water partition coefficient (Wildman–Crippen LogP) is 3.17. The number of hydrogen-bond donors (Lipinski definition) is 1. The maximum absolute atomic E-state index is 10.9. The molecule has 1 heterocycles. The Kier molecular flexibility index (Phi) is 4.92. The summed E-state index contributed by atoms with van der Waals surface area (Å²) in [5.41, 5.74) is 0.647. The van der Waals surface area contributed by atoms with Crippen LogP contribution in [-0.4, -0.2) is 27.1 Å². The normalized spacial score (nSPS) is 10.4. The fraction of sp³-hybridized carbons (Fsp3) is 0.125. The molecule has 0 radical (unpaired) electrons.